The van der Waals surface area contributed by atoms with E-state index < -0.39 is 0 Å². The lowest BCUT2D eigenvalue weighted by molar-refractivity contribution is -0.116. The van der Waals surface area contributed by atoms with Gasteiger partial charge in [0.25, 0.3) is 0 Å². The summed E-state index contributed by atoms with van der Waals surface area (Å²) in [5, 5.41) is 3.61. The van der Waals surface area contributed by atoms with Gasteiger partial charge in [-0.05, 0) is 37.3 Å². The molecule has 0 spiro atoms. The van der Waals surface area contributed by atoms with Gasteiger partial charge in [0.15, 0.2) is 12.1 Å². The molecule has 1 heterocycles. The summed E-state index contributed by atoms with van der Waals surface area (Å²) in [6.07, 6.45) is 2.47. The van der Waals surface area contributed by atoms with Crippen LogP contribution in [-0.2, 0) is 11.3 Å². The molecule has 24 heavy (non-hydrogen) atoms. The minimum absolute atomic E-state index is 0.0203. The molecule has 0 aliphatic rings. The lowest BCUT2D eigenvalue weighted by atomic mass is 10.1. The standard InChI is InChI=1S/C19H16N2O3/c1-13(23)14-6-8-16(9-7-14)20-19(24)11-21-10-15(12-22)17-4-2-3-5-18(17)21/h2-10,12H,11H2,1H3,(H,20,24). The molecule has 0 unspecified atom stereocenters. The van der Waals surface area contributed by atoms with Crippen LogP contribution in [-0.4, -0.2) is 22.5 Å². The van der Waals surface area contributed by atoms with E-state index in [2.05, 4.69) is 5.32 Å². The molecule has 5 heteroatoms. The number of nitrogens with zero attached hydrogens (tertiary/aromatic N) is 1. The van der Waals surface area contributed by atoms with Gasteiger partial charge in [-0.2, -0.15) is 0 Å². The summed E-state index contributed by atoms with van der Waals surface area (Å²) in [6, 6.07) is 14.2. The summed E-state index contributed by atoms with van der Waals surface area (Å²) in [6.45, 7) is 1.60. The molecule has 0 aliphatic heterocycles. The van der Waals surface area contributed by atoms with Crippen molar-refractivity contribution in [1.29, 1.82) is 0 Å². The van der Waals surface area contributed by atoms with E-state index in [9.17, 15) is 14.4 Å². The third-order valence-electron chi connectivity index (χ3n) is 3.84. The molecule has 120 valence electrons. The Morgan fingerprint density at radius 1 is 1.08 bits per heavy atom. The van der Waals surface area contributed by atoms with Crippen LogP contribution in [0.5, 0.6) is 0 Å². The molecule has 5 nitrogen and oxygen atoms in total. The van der Waals surface area contributed by atoms with E-state index >= 15 is 0 Å². The van der Waals surface area contributed by atoms with Crippen molar-refractivity contribution in [3.63, 3.8) is 0 Å². The van der Waals surface area contributed by atoms with Crippen molar-refractivity contribution in [2.45, 2.75) is 13.5 Å². The average molecular weight is 320 g/mol. The Morgan fingerprint density at radius 2 is 1.79 bits per heavy atom. The number of amides is 1. The quantitative estimate of drug-likeness (QED) is 0.579. The fourth-order valence-corrected chi connectivity index (χ4v) is 2.64. The number of rotatable bonds is 5. The Bertz CT molecular complexity index is 923. The molecule has 2 aromatic carbocycles. The predicted molar refractivity (Wildman–Crippen MR) is 92.4 cm³/mol. The topological polar surface area (TPSA) is 68.2 Å². The monoisotopic (exact) mass is 320 g/mol. The molecule has 0 bridgehead atoms. The molecular formula is C19H16N2O3. The summed E-state index contributed by atoms with van der Waals surface area (Å²) in [4.78, 5) is 34.7. The fourth-order valence-electron chi connectivity index (χ4n) is 2.64. The summed E-state index contributed by atoms with van der Waals surface area (Å²) in [5.74, 6) is -0.225. The van der Waals surface area contributed by atoms with Gasteiger partial charge in [0.1, 0.15) is 6.54 Å². The smallest absolute Gasteiger partial charge is 0.244 e. The van der Waals surface area contributed by atoms with Crippen LogP contribution in [0, 0.1) is 0 Å². The number of carbonyl (C=O) groups is 3. The zero-order chi connectivity index (χ0) is 17.1. The van der Waals surface area contributed by atoms with Crippen molar-refractivity contribution in [2.75, 3.05) is 5.32 Å². The van der Waals surface area contributed by atoms with Gasteiger partial charge in [-0.25, -0.2) is 0 Å². The third-order valence-corrected chi connectivity index (χ3v) is 3.84. The highest BCUT2D eigenvalue weighted by atomic mass is 16.2. The number of anilines is 1. The Labute approximate surface area is 138 Å². The fraction of sp³-hybridized carbons (Fsp3) is 0.105. The van der Waals surface area contributed by atoms with Crippen molar-refractivity contribution in [1.82, 2.24) is 4.57 Å². The zero-order valence-electron chi connectivity index (χ0n) is 13.2. The Kier molecular flexibility index (Phi) is 4.24. The van der Waals surface area contributed by atoms with Gasteiger partial charge in [0, 0.05) is 33.9 Å². The molecule has 0 aliphatic carbocycles. The normalized spacial score (nSPS) is 10.5. The number of benzene rings is 2. The van der Waals surface area contributed by atoms with Crippen molar-refractivity contribution in [3.05, 3.63) is 65.9 Å². The van der Waals surface area contributed by atoms with Crippen molar-refractivity contribution >= 4 is 34.6 Å². The Morgan fingerprint density at radius 3 is 2.46 bits per heavy atom. The minimum Gasteiger partial charge on any atom is -0.337 e. The molecule has 0 saturated heterocycles. The molecule has 1 amide bonds. The van der Waals surface area contributed by atoms with E-state index in [0.717, 1.165) is 17.2 Å². The first-order chi connectivity index (χ1) is 11.6. The van der Waals surface area contributed by atoms with E-state index in [1.54, 1.807) is 35.0 Å². The van der Waals surface area contributed by atoms with Gasteiger partial charge in [-0.3, -0.25) is 14.4 Å². The highest BCUT2D eigenvalue weighted by Gasteiger charge is 2.10. The molecule has 0 atom stereocenters. The summed E-state index contributed by atoms with van der Waals surface area (Å²) < 4.78 is 1.75. The number of nitrogens with one attached hydrogen (secondary N) is 1. The first-order valence-electron chi connectivity index (χ1n) is 7.52. The maximum Gasteiger partial charge on any atom is 0.244 e. The first kappa shape index (κ1) is 15.7. The van der Waals surface area contributed by atoms with Gasteiger partial charge in [-0.1, -0.05) is 18.2 Å². The molecule has 0 fully saturated rings. The molecule has 3 aromatic rings. The van der Waals surface area contributed by atoms with Crippen LogP contribution in [0.25, 0.3) is 10.9 Å². The van der Waals surface area contributed by atoms with E-state index in [4.69, 9.17) is 0 Å². The van der Waals surface area contributed by atoms with Gasteiger partial charge >= 0.3 is 0 Å². The van der Waals surface area contributed by atoms with Gasteiger partial charge in [0.2, 0.25) is 5.91 Å². The molecule has 0 radical (unpaired) electrons. The van der Waals surface area contributed by atoms with Crippen LogP contribution in [0.2, 0.25) is 0 Å². The number of hydrogen-bond donors (Lipinski definition) is 1. The van der Waals surface area contributed by atoms with E-state index in [1.807, 2.05) is 24.3 Å². The molecular weight excluding hydrogens is 304 g/mol. The van der Waals surface area contributed by atoms with Crippen LogP contribution >= 0.6 is 0 Å². The molecule has 0 saturated carbocycles. The van der Waals surface area contributed by atoms with Crippen molar-refractivity contribution in [2.24, 2.45) is 0 Å². The Hall–Kier alpha value is -3.21. The highest BCUT2D eigenvalue weighted by molar-refractivity contribution is 5.99. The SMILES string of the molecule is CC(=O)c1ccc(NC(=O)Cn2cc(C=O)c3ccccc32)cc1. The minimum atomic E-state index is -0.205. The predicted octanol–water partition coefficient (Wildman–Crippen LogP) is 3.30. The number of Topliss-reactive ketones (excluding diaryl/α,β-unsaturated/α-hetero) is 1. The zero-order valence-corrected chi connectivity index (χ0v) is 13.2. The lowest BCUT2D eigenvalue weighted by Crippen LogP contribution is -2.18. The lowest BCUT2D eigenvalue weighted by Gasteiger charge is -2.08. The third kappa shape index (κ3) is 3.10. The van der Waals surface area contributed by atoms with Crippen LogP contribution in [0.4, 0.5) is 5.69 Å². The van der Waals surface area contributed by atoms with Crippen LogP contribution in [0.3, 0.4) is 0 Å². The number of aromatic nitrogens is 1. The molecule has 3 rings (SSSR count). The van der Waals surface area contributed by atoms with Gasteiger partial charge < -0.3 is 9.88 Å². The maximum absolute atomic E-state index is 12.3. The van der Waals surface area contributed by atoms with Crippen molar-refractivity contribution in [3.8, 4) is 0 Å². The average Bonchev–Trinajstić information content (AvgIpc) is 2.93. The number of para-hydroxylation sites is 1. The second-order valence-electron chi connectivity index (χ2n) is 5.53. The van der Waals surface area contributed by atoms with Gasteiger partial charge in [-0.15, -0.1) is 0 Å². The van der Waals surface area contributed by atoms with E-state index in [-0.39, 0.29) is 18.2 Å². The van der Waals surface area contributed by atoms with Gasteiger partial charge in [0.05, 0.1) is 0 Å². The largest absolute Gasteiger partial charge is 0.337 e. The first-order valence-corrected chi connectivity index (χ1v) is 7.52. The number of fused-ring (bicyclic) bond motifs is 1. The van der Waals surface area contributed by atoms with Crippen molar-refractivity contribution < 1.29 is 14.4 Å². The summed E-state index contributed by atoms with van der Waals surface area (Å²) in [5.41, 5.74) is 2.61. The number of carbonyl (C=O) groups excluding carboxylic acids is 3. The van der Waals surface area contributed by atoms with Crippen LogP contribution in [0.1, 0.15) is 27.6 Å². The van der Waals surface area contributed by atoms with E-state index in [1.165, 1.54) is 6.92 Å². The number of hydrogen-bond acceptors (Lipinski definition) is 3. The number of ketones is 1. The van der Waals surface area contributed by atoms with Crippen LogP contribution in [0.15, 0.2) is 54.7 Å². The summed E-state index contributed by atoms with van der Waals surface area (Å²) in [7, 11) is 0. The van der Waals surface area contributed by atoms with Crippen LogP contribution < -0.4 is 5.32 Å². The second-order valence-corrected chi connectivity index (χ2v) is 5.53. The molecule has 1 aromatic heterocycles. The highest BCUT2D eigenvalue weighted by Crippen LogP contribution is 2.20. The second kappa shape index (κ2) is 6.50. The molecule has 1 N–H and O–H groups in total. The Balaban J connectivity index is 1.78. The number of aldehydes is 1. The van der Waals surface area contributed by atoms with E-state index in [0.29, 0.717) is 16.8 Å². The maximum atomic E-state index is 12.3. The summed E-state index contributed by atoms with van der Waals surface area (Å²) >= 11 is 0.